The second-order valence-corrected chi connectivity index (χ2v) is 5.84. The van der Waals surface area contributed by atoms with E-state index in [0.717, 1.165) is 44.8 Å². The highest BCUT2D eigenvalue weighted by atomic mass is 35.5. The van der Waals surface area contributed by atoms with Crippen LogP contribution in [0.5, 0.6) is 0 Å². The van der Waals surface area contributed by atoms with Crippen molar-refractivity contribution in [3.8, 4) is 0 Å². The van der Waals surface area contributed by atoms with Crippen LogP contribution in [0.25, 0.3) is 21.9 Å². The standard InChI is InChI=1S/C17H16N6S.2ClH/c1-2-23-15-8-13-12(7-14(15)22-17(23)24)16(21-10-20-13)19-9-11-5-3-4-6-18-11;;/h3-8,10H,2,9H2,1H3,(H,22,24)(H,19,20,21);2*1H. The number of hydrogen-bond donors (Lipinski definition) is 2. The molecule has 136 valence electrons. The molecule has 0 amide bonds. The van der Waals surface area contributed by atoms with Gasteiger partial charge in [-0.15, -0.1) is 24.8 Å². The highest BCUT2D eigenvalue weighted by molar-refractivity contribution is 7.71. The Labute approximate surface area is 167 Å². The van der Waals surface area contributed by atoms with E-state index in [2.05, 4.69) is 36.7 Å². The van der Waals surface area contributed by atoms with Crippen LogP contribution in [0, 0.1) is 4.77 Å². The monoisotopic (exact) mass is 408 g/mol. The van der Waals surface area contributed by atoms with Crippen molar-refractivity contribution in [1.29, 1.82) is 0 Å². The number of aromatic nitrogens is 5. The molecule has 3 heterocycles. The van der Waals surface area contributed by atoms with Crippen LogP contribution in [0.4, 0.5) is 5.82 Å². The fourth-order valence-electron chi connectivity index (χ4n) is 2.84. The maximum absolute atomic E-state index is 5.39. The van der Waals surface area contributed by atoms with Gasteiger partial charge in [-0.05, 0) is 43.4 Å². The van der Waals surface area contributed by atoms with Crippen LogP contribution >= 0.6 is 37.0 Å². The number of aryl methyl sites for hydroxylation is 1. The minimum atomic E-state index is 0. The van der Waals surface area contributed by atoms with Gasteiger partial charge in [-0.1, -0.05) is 6.07 Å². The van der Waals surface area contributed by atoms with Gasteiger partial charge in [0.05, 0.1) is 28.8 Å². The Morgan fingerprint density at radius 3 is 2.73 bits per heavy atom. The molecule has 2 N–H and O–H groups in total. The molecule has 0 radical (unpaired) electrons. The molecule has 6 nitrogen and oxygen atoms in total. The van der Waals surface area contributed by atoms with Gasteiger partial charge in [-0.2, -0.15) is 0 Å². The van der Waals surface area contributed by atoms with Crippen molar-refractivity contribution < 1.29 is 0 Å². The predicted octanol–water partition coefficient (Wildman–Crippen LogP) is 4.51. The maximum Gasteiger partial charge on any atom is 0.178 e. The largest absolute Gasteiger partial charge is 0.364 e. The second kappa shape index (κ2) is 8.44. The van der Waals surface area contributed by atoms with E-state index in [-0.39, 0.29) is 24.8 Å². The quantitative estimate of drug-likeness (QED) is 0.485. The first-order chi connectivity index (χ1) is 11.8. The first-order valence-electron chi connectivity index (χ1n) is 7.77. The number of nitrogens with one attached hydrogen (secondary N) is 2. The number of anilines is 1. The normalized spacial score (nSPS) is 10.3. The summed E-state index contributed by atoms with van der Waals surface area (Å²) in [6.45, 7) is 3.50. The zero-order valence-electron chi connectivity index (χ0n) is 14.0. The highest BCUT2D eigenvalue weighted by Crippen LogP contribution is 2.25. The predicted molar refractivity (Wildman–Crippen MR) is 112 cm³/mol. The third-order valence-electron chi connectivity index (χ3n) is 4.01. The number of imidazole rings is 1. The SMILES string of the molecule is CCn1c(=S)[nH]c2cc3c(NCc4ccccn4)ncnc3cc21.Cl.Cl. The molecule has 0 saturated heterocycles. The third-order valence-corrected chi connectivity index (χ3v) is 4.33. The summed E-state index contributed by atoms with van der Waals surface area (Å²) >= 11 is 5.39. The summed E-state index contributed by atoms with van der Waals surface area (Å²) in [7, 11) is 0. The number of nitrogens with zero attached hydrogens (tertiary/aromatic N) is 4. The van der Waals surface area contributed by atoms with Crippen LogP contribution in [-0.2, 0) is 13.1 Å². The van der Waals surface area contributed by atoms with Gasteiger partial charge >= 0.3 is 0 Å². The Hall–Kier alpha value is -2.22. The molecular formula is C17H18Cl2N6S. The van der Waals surface area contributed by atoms with E-state index in [1.165, 1.54) is 0 Å². The zero-order chi connectivity index (χ0) is 16.5. The lowest BCUT2D eigenvalue weighted by molar-refractivity contribution is 0.774. The summed E-state index contributed by atoms with van der Waals surface area (Å²) in [5.74, 6) is 0.788. The third kappa shape index (κ3) is 3.65. The summed E-state index contributed by atoms with van der Waals surface area (Å²) in [6.07, 6.45) is 3.36. The lowest BCUT2D eigenvalue weighted by atomic mass is 10.2. The van der Waals surface area contributed by atoms with Crippen LogP contribution < -0.4 is 5.32 Å². The Bertz CT molecular complexity index is 1080. The van der Waals surface area contributed by atoms with E-state index in [1.807, 2.05) is 30.3 Å². The van der Waals surface area contributed by atoms with E-state index in [9.17, 15) is 0 Å². The summed E-state index contributed by atoms with van der Waals surface area (Å²) < 4.78 is 2.78. The fourth-order valence-corrected chi connectivity index (χ4v) is 3.18. The number of halogens is 2. The average Bonchev–Trinajstić information content (AvgIpc) is 2.93. The van der Waals surface area contributed by atoms with Gasteiger partial charge in [0.1, 0.15) is 12.1 Å². The Morgan fingerprint density at radius 2 is 2.00 bits per heavy atom. The molecule has 0 aliphatic rings. The molecule has 0 bridgehead atoms. The number of fused-ring (bicyclic) bond motifs is 2. The van der Waals surface area contributed by atoms with Crippen molar-refractivity contribution in [2.45, 2.75) is 20.0 Å². The second-order valence-electron chi connectivity index (χ2n) is 5.46. The summed E-state index contributed by atoms with van der Waals surface area (Å²) in [5.41, 5.74) is 3.90. The minimum absolute atomic E-state index is 0. The van der Waals surface area contributed by atoms with Crippen LogP contribution in [0.3, 0.4) is 0 Å². The number of aromatic amines is 1. The molecule has 4 rings (SSSR count). The number of H-pyrrole nitrogens is 1. The molecule has 3 aromatic heterocycles. The summed E-state index contributed by atoms with van der Waals surface area (Å²) in [6, 6.07) is 9.95. The van der Waals surface area contributed by atoms with Gasteiger partial charge in [0.25, 0.3) is 0 Å². The topological polar surface area (TPSA) is 71.4 Å². The lowest BCUT2D eigenvalue weighted by Gasteiger charge is -2.08. The molecule has 4 aromatic rings. The smallest absolute Gasteiger partial charge is 0.178 e. The van der Waals surface area contributed by atoms with Crippen molar-refractivity contribution >= 4 is 64.8 Å². The molecule has 0 aliphatic carbocycles. The molecule has 1 aromatic carbocycles. The Balaban J connectivity index is 0.00000121. The van der Waals surface area contributed by atoms with Crippen LogP contribution in [0.1, 0.15) is 12.6 Å². The minimum Gasteiger partial charge on any atom is -0.364 e. The fraction of sp³-hybridized carbons (Fsp3) is 0.176. The van der Waals surface area contributed by atoms with Crippen molar-refractivity contribution in [2.24, 2.45) is 0 Å². The van der Waals surface area contributed by atoms with Crippen LogP contribution in [-0.4, -0.2) is 24.5 Å². The van der Waals surface area contributed by atoms with Gasteiger partial charge in [-0.25, -0.2) is 9.97 Å². The first-order valence-corrected chi connectivity index (χ1v) is 8.18. The molecule has 26 heavy (non-hydrogen) atoms. The number of rotatable bonds is 4. The molecule has 0 fully saturated rings. The van der Waals surface area contributed by atoms with Gasteiger partial charge in [-0.3, -0.25) is 4.98 Å². The zero-order valence-corrected chi connectivity index (χ0v) is 16.4. The van der Waals surface area contributed by atoms with Crippen LogP contribution in [0.15, 0.2) is 42.9 Å². The molecular weight excluding hydrogens is 391 g/mol. The van der Waals surface area contributed by atoms with E-state index >= 15 is 0 Å². The van der Waals surface area contributed by atoms with E-state index in [1.54, 1.807) is 12.5 Å². The van der Waals surface area contributed by atoms with Crippen molar-refractivity contribution in [3.05, 3.63) is 53.3 Å². The van der Waals surface area contributed by atoms with E-state index < -0.39 is 0 Å². The molecule has 0 saturated carbocycles. The Morgan fingerprint density at radius 1 is 1.15 bits per heavy atom. The van der Waals surface area contributed by atoms with Crippen molar-refractivity contribution in [3.63, 3.8) is 0 Å². The number of pyridine rings is 1. The number of hydrogen-bond acceptors (Lipinski definition) is 5. The van der Waals surface area contributed by atoms with Gasteiger partial charge in [0.15, 0.2) is 4.77 Å². The first kappa shape index (κ1) is 20.1. The molecule has 0 aliphatic heterocycles. The Kier molecular flexibility index (Phi) is 6.52. The molecule has 0 atom stereocenters. The highest BCUT2D eigenvalue weighted by Gasteiger charge is 2.09. The molecule has 9 heteroatoms. The van der Waals surface area contributed by atoms with Crippen molar-refractivity contribution in [2.75, 3.05) is 5.32 Å². The molecule has 0 spiro atoms. The van der Waals surface area contributed by atoms with Gasteiger partial charge in [0, 0.05) is 18.1 Å². The average molecular weight is 409 g/mol. The molecule has 0 unspecified atom stereocenters. The summed E-state index contributed by atoms with van der Waals surface area (Å²) in [4.78, 5) is 16.4. The number of benzene rings is 1. The van der Waals surface area contributed by atoms with Gasteiger partial charge < -0.3 is 14.9 Å². The lowest BCUT2D eigenvalue weighted by Crippen LogP contribution is -2.04. The maximum atomic E-state index is 5.39. The van der Waals surface area contributed by atoms with E-state index in [0.29, 0.717) is 6.54 Å². The summed E-state index contributed by atoms with van der Waals surface area (Å²) in [5, 5.41) is 4.30. The van der Waals surface area contributed by atoms with Crippen molar-refractivity contribution in [1.82, 2.24) is 24.5 Å². The van der Waals surface area contributed by atoms with Gasteiger partial charge in [0.2, 0.25) is 0 Å². The van der Waals surface area contributed by atoms with Crippen LogP contribution in [0.2, 0.25) is 0 Å². The van der Waals surface area contributed by atoms with E-state index in [4.69, 9.17) is 12.2 Å².